The molecule has 5 aromatic rings. The number of rotatable bonds is 9. The summed E-state index contributed by atoms with van der Waals surface area (Å²) in [7, 11) is 3.32. The molecule has 0 aliphatic rings. The summed E-state index contributed by atoms with van der Waals surface area (Å²) in [6.45, 7) is 3.79. The van der Waals surface area contributed by atoms with Crippen molar-refractivity contribution in [3.8, 4) is 23.8 Å². The molecule has 5 aromatic heterocycles. The van der Waals surface area contributed by atoms with Crippen molar-refractivity contribution in [2.75, 3.05) is 11.5 Å². The zero-order chi connectivity index (χ0) is 30.7. The van der Waals surface area contributed by atoms with Gasteiger partial charge in [-0.05, 0) is 19.8 Å². The van der Waals surface area contributed by atoms with Crippen molar-refractivity contribution in [1.29, 1.82) is 10.5 Å². The maximum absolute atomic E-state index is 9.37. The van der Waals surface area contributed by atoms with Gasteiger partial charge in [-0.25, -0.2) is 19.3 Å². The van der Waals surface area contributed by atoms with Gasteiger partial charge in [-0.15, -0.1) is 20.5 Å². The van der Waals surface area contributed by atoms with E-state index in [0.29, 0.717) is 46.6 Å². The molecule has 0 saturated heterocycles. The zero-order valence-electron chi connectivity index (χ0n) is 23.7. The number of nitrogen functional groups attached to an aromatic ring is 2. The number of aromatic nitrogens is 10. The smallest absolute Gasteiger partial charge is 0.190 e. The fourth-order valence-electron chi connectivity index (χ4n) is 4.12. The molecule has 18 nitrogen and oxygen atoms in total. The SMILES string of the molecule is CCCCc1nn(-c2cc(-n3nc(C)c(/N=N/c4c(C#N)cnn4C)c3N)ncn2)c(N)c1/N=N/c1c(C#N)cnn1C. The Hall–Kier alpha value is -6.30. The first-order valence-electron chi connectivity index (χ1n) is 13.0. The zero-order valence-corrected chi connectivity index (χ0v) is 23.7. The number of nitrogens with two attached hydrogens (primary N) is 2. The van der Waals surface area contributed by atoms with Crippen LogP contribution in [0.1, 0.15) is 42.3 Å². The third-order valence-electron chi connectivity index (χ3n) is 6.41. The molecule has 0 unspecified atom stereocenters. The number of nitriles is 2. The molecule has 0 aliphatic carbocycles. The van der Waals surface area contributed by atoms with Crippen LogP contribution in [0.15, 0.2) is 45.2 Å². The standard InChI is InChI=1S/C25H26N18/c1-5-6-7-17-21(35-37-25-16(10-27)12-33-41(25)4)23(29)43(39-17)19-8-18(30-13-31-19)42-22(28)20(14(2)38-42)34-36-24-15(9-26)11-32-40(24)3/h8,11-13H,5-7,28-29H2,1-4H3/b36-34+,37-35+. The Kier molecular flexibility index (Phi) is 7.66. The number of nitrogens with zero attached hydrogens (tertiary/aromatic N) is 16. The van der Waals surface area contributed by atoms with E-state index in [1.165, 1.54) is 37.4 Å². The second-order valence-corrected chi connectivity index (χ2v) is 9.30. The van der Waals surface area contributed by atoms with Gasteiger partial charge in [-0.2, -0.15) is 40.3 Å². The molecule has 216 valence electrons. The van der Waals surface area contributed by atoms with Crippen LogP contribution in [0, 0.1) is 29.6 Å². The van der Waals surface area contributed by atoms with E-state index in [1.54, 1.807) is 27.1 Å². The first-order chi connectivity index (χ1) is 20.8. The maximum atomic E-state index is 9.37. The molecule has 0 radical (unpaired) electrons. The molecule has 0 aromatic carbocycles. The third kappa shape index (κ3) is 5.27. The highest BCUT2D eigenvalue weighted by Crippen LogP contribution is 2.34. The van der Waals surface area contributed by atoms with Crippen molar-refractivity contribution in [3.63, 3.8) is 0 Å². The second kappa shape index (κ2) is 11.7. The third-order valence-corrected chi connectivity index (χ3v) is 6.41. The van der Waals surface area contributed by atoms with Crippen molar-refractivity contribution in [3.05, 3.63) is 47.3 Å². The molecule has 0 aliphatic heterocycles. The predicted molar refractivity (Wildman–Crippen MR) is 153 cm³/mol. The Morgan fingerprint density at radius 2 is 1.35 bits per heavy atom. The lowest BCUT2D eigenvalue weighted by Crippen LogP contribution is -2.09. The van der Waals surface area contributed by atoms with Crippen LogP contribution in [0.5, 0.6) is 0 Å². The minimum Gasteiger partial charge on any atom is -0.382 e. The van der Waals surface area contributed by atoms with E-state index in [-0.39, 0.29) is 28.6 Å². The van der Waals surface area contributed by atoms with E-state index < -0.39 is 0 Å². The molecule has 5 rings (SSSR count). The Labute approximate surface area is 244 Å². The van der Waals surface area contributed by atoms with Crippen LogP contribution in [0.25, 0.3) is 11.6 Å². The van der Waals surface area contributed by atoms with E-state index in [1.807, 2.05) is 12.1 Å². The fraction of sp³-hybridized carbons (Fsp3) is 0.280. The highest BCUT2D eigenvalue weighted by atomic mass is 15.4. The van der Waals surface area contributed by atoms with E-state index in [4.69, 9.17) is 11.5 Å². The molecular weight excluding hydrogens is 552 g/mol. The predicted octanol–water partition coefficient (Wildman–Crippen LogP) is 3.70. The molecule has 43 heavy (non-hydrogen) atoms. The van der Waals surface area contributed by atoms with Crippen LogP contribution in [-0.4, -0.2) is 49.1 Å². The lowest BCUT2D eigenvalue weighted by molar-refractivity contribution is 0.743. The molecule has 0 atom stereocenters. The van der Waals surface area contributed by atoms with E-state index in [0.717, 1.165) is 12.8 Å². The van der Waals surface area contributed by atoms with Gasteiger partial charge in [-0.1, -0.05) is 13.3 Å². The van der Waals surface area contributed by atoms with Crippen LogP contribution in [0.2, 0.25) is 0 Å². The van der Waals surface area contributed by atoms with Crippen molar-refractivity contribution in [2.24, 2.45) is 34.6 Å². The van der Waals surface area contributed by atoms with Crippen LogP contribution in [0.3, 0.4) is 0 Å². The van der Waals surface area contributed by atoms with E-state index in [9.17, 15) is 10.5 Å². The Morgan fingerprint density at radius 3 is 1.91 bits per heavy atom. The second-order valence-electron chi connectivity index (χ2n) is 9.30. The molecule has 0 spiro atoms. The average Bonchev–Trinajstić information content (AvgIpc) is 3.73. The quantitative estimate of drug-likeness (QED) is 0.240. The van der Waals surface area contributed by atoms with Gasteiger partial charge in [0.1, 0.15) is 29.6 Å². The van der Waals surface area contributed by atoms with Crippen LogP contribution >= 0.6 is 0 Å². The Bertz CT molecular complexity index is 1950. The molecule has 5 heterocycles. The summed E-state index contributed by atoms with van der Waals surface area (Å²) >= 11 is 0. The summed E-state index contributed by atoms with van der Waals surface area (Å²) < 4.78 is 5.73. The number of hydrogen-bond donors (Lipinski definition) is 2. The lowest BCUT2D eigenvalue weighted by atomic mass is 10.2. The molecule has 0 saturated carbocycles. The van der Waals surface area contributed by atoms with Gasteiger partial charge in [0.15, 0.2) is 46.3 Å². The topological polar surface area (TPSA) is 246 Å². The van der Waals surface area contributed by atoms with Crippen molar-refractivity contribution in [1.82, 2.24) is 49.1 Å². The summed E-state index contributed by atoms with van der Waals surface area (Å²) in [5.41, 5.74) is 15.2. The van der Waals surface area contributed by atoms with Gasteiger partial charge in [0.25, 0.3) is 0 Å². The van der Waals surface area contributed by atoms with Gasteiger partial charge in [0, 0.05) is 20.2 Å². The van der Waals surface area contributed by atoms with Crippen LogP contribution in [-0.2, 0) is 20.5 Å². The van der Waals surface area contributed by atoms with Gasteiger partial charge < -0.3 is 11.5 Å². The van der Waals surface area contributed by atoms with Crippen LogP contribution < -0.4 is 11.5 Å². The molecular formula is C25H26N18. The van der Waals surface area contributed by atoms with Gasteiger partial charge in [0.05, 0.1) is 23.8 Å². The summed E-state index contributed by atoms with van der Waals surface area (Å²) in [4.78, 5) is 8.68. The summed E-state index contributed by atoms with van der Waals surface area (Å²) in [6, 6.07) is 5.69. The lowest BCUT2D eigenvalue weighted by Gasteiger charge is -2.06. The largest absolute Gasteiger partial charge is 0.382 e. The van der Waals surface area contributed by atoms with Crippen molar-refractivity contribution in [2.45, 2.75) is 33.1 Å². The Morgan fingerprint density at radius 1 is 0.814 bits per heavy atom. The van der Waals surface area contributed by atoms with E-state index in [2.05, 4.69) is 57.7 Å². The van der Waals surface area contributed by atoms with E-state index >= 15 is 0 Å². The first kappa shape index (κ1) is 28.2. The number of aryl methyl sites for hydroxylation is 4. The summed E-state index contributed by atoms with van der Waals surface area (Å²) in [5, 5.41) is 52.9. The van der Waals surface area contributed by atoms with Crippen molar-refractivity contribution >= 4 is 34.6 Å². The summed E-state index contributed by atoms with van der Waals surface area (Å²) in [5.74, 6) is 1.61. The minimum atomic E-state index is 0.169. The molecule has 0 amide bonds. The number of unbranched alkanes of at least 4 members (excludes halogenated alkanes) is 1. The normalized spacial score (nSPS) is 11.5. The maximum Gasteiger partial charge on any atom is 0.190 e. The number of hydrogen-bond acceptors (Lipinski definition) is 14. The number of anilines is 2. The Balaban J connectivity index is 1.52. The number of azo groups is 2. The average molecular weight is 579 g/mol. The molecule has 0 bridgehead atoms. The van der Waals surface area contributed by atoms with Crippen LogP contribution in [0.4, 0.5) is 34.6 Å². The van der Waals surface area contributed by atoms with Gasteiger partial charge in [0.2, 0.25) is 0 Å². The fourth-order valence-corrected chi connectivity index (χ4v) is 4.12. The molecule has 4 N–H and O–H groups in total. The summed E-state index contributed by atoms with van der Waals surface area (Å²) in [6.07, 6.45) is 6.52. The minimum absolute atomic E-state index is 0.169. The van der Waals surface area contributed by atoms with Crippen molar-refractivity contribution < 1.29 is 0 Å². The first-order valence-corrected chi connectivity index (χ1v) is 13.0. The molecule has 18 heteroatoms. The highest BCUT2D eigenvalue weighted by Gasteiger charge is 2.21. The highest BCUT2D eigenvalue weighted by molar-refractivity contribution is 5.66. The van der Waals surface area contributed by atoms with Gasteiger partial charge >= 0.3 is 0 Å². The van der Waals surface area contributed by atoms with Gasteiger partial charge in [-0.3, -0.25) is 0 Å². The molecule has 0 fully saturated rings. The monoisotopic (exact) mass is 578 g/mol.